The molecule has 0 amide bonds. The molecule has 0 bridgehead atoms. The van der Waals surface area contributed by atoms with E-state index in [0.29, 0.717) is 6.04 Å². The summed E-state index contributed by atoms with van der Waals surface area (Å²) in [6, 6.07) is 4.76. The highest BCUT2D eigenvalue weighted by Gasteiger charge is 2.04. The Balaban J connectivity index is 0.00000361. The molecule has 2 N–H and O–H groups in total. The van der Waals surface area contributed by atoms with Crippen molar-refractivity contribution < 1.29 is 0 Å². The molecule has 20 heavy (non-hydrogen) atoms. The Morgan fingerprint density at radius 1 is 1.40 bits per heavy atom. The Morgan fingerprint density at radius 2 is 2.20 bits per heavy atom. The molecule has 0 saturated heterocycles. The molecule has 0 aromatic carbocycles. The largest absolute Gasteiger partial charge is 0.356 e. The minimum Gasteiger partial charge on any atom is -0.356 e. The van der Waals surface area contributed by atoms with Gasteiger partial charge in [-0.15, -0.1) is 35.3 Å². The average molecular weight is 409 g/mol. The van der Waals surface area contributed by atoms with Crippen molar-refractivity contribution in [3.63, 3.8) is 0 Å². The van der Waals surface area contributed by atoms with Gasteiger partial charge >= 0.3 is 0 Å². The maximum absolute atomic E-state index is 4.27. The van der Waals surface area contributed by atoms with Gasteiger partial charge in [-0.2, -0.15) is 0 Å². The van der Waals surface area contributed by atoms with Crippen molar-refractivity contribution in [2.45, 2.75) is 52.0 Å². The lowest BCUT2D eigenvalue weighted by molar-refractivity contribution is 0.547. The Kier molecular flexibility index (Phi) is 12.3. The van der Waals surface area contributed by atoms with Crippen molar-refractivity contribution in [1.29, 1.82) is 0 Å². The first kappa shape index (κ1) is 19.7. The number of hydrogen-bond acceptors (Lipinski definition) is 2. The summed E-state index contributed by atoms with van der Waals surface area (Å²) in [6.07, 6.45) is 6.15. The lowest BCUT2D eigenvalue weighted by Gasteiger charge is -2.17. The molecule has 0 spiro atoms. The zero-order valence-electron chi connectivity index (χ0n) is 12.8. The highest BCUT2D eigenvalue weighted by Crippen LogP contribution is 2.08. The SMILES string of the molecule is CCCCCC(C)NC(=NC)NCCc1cccs1.I. The van der Waals surface area contributed by atoms with Gasteiger partial charge in [0.05, 0.1) is 0 Å². The third kappa shape index (κ3) is 8.79. The van der Waals surface area contributed by atoms with Crippen LogP contribution in [0.5, 0.6) is 0 Å². The molecule has 0 saturated carbocycles. The number of nitrogens with one attached hydrogen (secondary N) is 2. The first-order chi connectivity index (χ1) is 9.26. The van der Waals surface area contributed by atoms with Crippen LogP contribution in [-0.2, 0) is 6.42 Å². The third-order valence-electron chi connectivity index (χ3n) is 3.09. The summed E-state index contributed by atoms with van der Waals surface area (Å²) >= 11 is 1.81. The predicted octanol–water partition coefficient (Wildman–Crippen LogP) is 4.04. The monoisotopic (exact) mass is 409 g/mol. The van der Waals surface area contributed by atoms with Gasteiger partial charge in [-0.1, -0.05) is 32.3 Å². The van der Waals surface area contributed by atoms with Gasteiger partial charge in [0.25, 0.3) is 0 Å². The molecule has 1 aromatic heterocycles. The van der Waals surface area contributed by atoms with E-state index in [1.807, 2.05) is 18.4 Å². The van der Waals surface area contributed by atoms with Crippen LogP contribution in [0.15, 0.2) is 22.5 Å². The molecular formula is C15H28IN3S. The molecule has 0 radical (unpaired) electrons. The standard InChI is InChI=1S/C15H27N3S.HI/c1-4-5-6-8-13(2)18-15(16-3)17-11-10-14-9-7-12-19-14;/h7,9,12-13H,4-6,8,10-11H2,1-3H3,(H2,16,17,18);1H. The van der Waals surface area contributed by atoms with E-state index in [0.717, 1.165) is 18.9 Å². The summed E-state index contributed by atoms with van der Waals surface area (Å²) in [6.45, 7) is 5.40. The van der Waals surface area contributed by atoms with Crippen LogP contribution >= 0.6 is 35.3 Å². The van der Waals surface area contributed by atoms with Gasteiger partial charge in [-0.3, -0.25) is 4.99 Å². The Labute approximate surface area is 144 Å². The normalized spacial score (nSPS) is 12.7. The van der Waals surface area contributed by atoms with Crippen LogP contribution in [0, 0.1) is 0 Å². The van der Waals surface area contributed by atoms with Crippen LogP contribution < -0.4 is 10.6 Å². The Morgan fingerprint density at radius 3 is 2.80 bits per heavy atom. The van der Waals surface area contributed by atoms with Crippen molar-refractivity contribution in [2.24, 2.45) is 4.99 Å². The number of aliphatic imine (C=N–C) groups is 1. The molecular weight excluding hydrogens is 381 g/mol. The molecule has 1 aromatic rings. The number of hydrogen-bond donors (Lipinski definition) is 2. The second kappa shape index (κ2) is 12.4. The van der Waals surface area contributed by atoms with Crippen molar-refractivity contribution in [1.82, 2.24) is 10.6 Å². The van der Waals surface area contributed by atoms with E-state index in [-0.39, 0.29) is 24.0 Å². The molecule has 0 aliphatic heterocycles. The van der Waals surface area contributed by atoms with Crippen LogP contribution in [0.4, 0.5) is 0 Å². The molecule has 5 heteroatoms. The number of thiophene rings is 1. The van der Waals surface area contributed by atoms with E-state index in [9.17, 15) is 0 Å². The maximum atomic E-state index is 4.27. The molecule has 116 valence electrons. The summed E-state index contributed by atoms with van der Waals surface area (Å²) in [5, 5.41) is 8.95. The minimum atomic E-state index is 0. The Hall–Kier alpha value is -0.300. The molecule has 0 fully saturated rings. The summed E-state index contributed by atoms with van der Waals surface area (Å²) in [4.78, 5) is 5.69. The first-order valence-corrected chi connectivity index (χ1v) is 8.13. The van der Waals surface area contributed by atoms with Crippen molar-refractivity contribution in [2.75, 3.05) is 13.6 Å². The molecule has 1 heterocycles. The topological polar surface area (TPSA) is 36.4 Å². The highest BCUT2D eigenvalue weighted by atomic mass is 127. The molecule has 1 rings (SSSR count). The summed E-state index contributed by atoms with van der Waals surface area (Å²) < 4.78 is 0. The van der Waals surface area contributed by atoms with Gasteiger partial charge in [-0.25, -0.2) is 0 Å². The fourth-order valence-electron chi connectivity index (χ4n) is 1.96. The lowest BCUT2D eigenvalue weighted by atomic mass is 10.1. The van der Waals surface area contributed by atoms with Crippen molar-refractivity contribution in [3.8, 4) is 0 Å². The van der Waals surface area contributed by atoms with Gasteiger partial charge in [0.1, 0.15) is 0 Å². The van der Waals surface area contributed by atoms with Gasteiger partial charge < -0.3 is 10.6 Å². The molecule has 0 aliphatic carbocycles. The van der Waals surface area contributed by atoms with Crippen molar-refractivity contribution >= 4 is 41.3 Å². The predicted molar refractivity (Wildman–Crippen MR) is 102 cm³/mol. The molecule has 1 unspecified atom stereocenters. The van der Waals surface area contributed by atoms with E-state index in [1.54, 1.807) is 0 Å². The number of guanidine groups is 1. The first-order valence-electron chi connectivity index (χ1n) is 7.25. The molecule has 3 nitrogen and oxygen atoms in total. The number of unbranched alkanes of at least 4 members (excludes halogenated alkanes) is 2. The van der Waals surface area contributed by atoms with E-state index in [2.05, 4.69) is 47.0 Å². The number of nitrogens with zero attached hydrogens (tertiary/aromatic N) is 1. The van der Waals surface area contributed by atoms with Crippen LogP contribution in [0.3, 0.4) is 0 Å². The number of rotatable bonds is 8. The van der Waals surface area contributed by atoms with E-state index < -0.39 is 0 Å². The highest BCUT2D eigenvalue weighted by molar-refractivity contribution is 14.0. The molecule has 1 atom stereocenters. The summed E-state index contributed by atoms with van der Waals surface area (Å²) in [7, 11) is 1.83. The van der Waals surface area contributed by atoms with Gasteiger partial charge in [0.15, 0.2) is 5.96 Å². The van der Waals surface area contributed by atoms with Gasteiger partial charge in [0, 0.05) is 24.5 Å². The second-order valence-electron chi connectivity index (χ2n) is 4.87. The van der Waals surface area contributed by atoms with Gasteiger partial charge in [-0.05, 0) is 31.2 Å². The van der Waals surface area contributed by atoms with Crippen LogP contribution in [0.1, 0.15) is 44.4 Å². The Bertz CT molecular complexity index is 352. The van der Waals surface area contributed by atoms with E-state index in [1.165, 1.54) is 30.6 Å². The summed E-state index contributed by atoms with van der Waals surface area (Å²) in [5.74, 6) is 0.917. The smallest absolute Gasteiger partial charge is 0.191 e. The van der Waals surface area contributed by atoms with Gasteiger partial charge in [0.2, 0.25) is 0 Å². The fourth-order valence-corrected chi connectivity index (χ4v) is 2.67. The van der Waals surface area contributed by atoms with Crippen LogP contribution in [0.2, 0.25) is 0 Å². The van der Waals surface area contributed by atoms with E-state index in [4.69, 9.17) is 0 Å². The zero-order valence-corrected chi connectivity index (χ0v) is 16.0. The van der Waals surface area contributed by atoms with E-state index >= 15 is 0 Å². The minimum absolute atomic E-state index is 0. The van der Waals surface area contributed by atoms with Crippen LogP contribution in [-0.4, -0.2) is 25.6 Å². The third-order valence-corrected chi connectivity index (χ3v) is 4.03. The van der Waals surface area contributed by atoms with Crippen molar-refractivity contribution in [3.05, 3.63) is 22.4 Å². The quantitative estimate of drug-likeness (QED) is 0.294. The maximum Gasteiger partial charge on any atom is 0.191 e. The molecule has 0 aliphatic rings. The lowest BCUT2D eigenvalue weighted by Crippen LogP contribution is -2.42. The van der Waals surface area contributed by atoms with Crippen LogP contribution in [0.25, 0.3) is 0 Å². The second-order valence-corrected chi connectivity index (χ2v) is 5.90. The zero-order chi connectivity index (χ0) is 13.9. The number of halogens is 1. The fraction of sp³-hybridized carbons (Fsp3) is 0.667. The summed E-state index contributed by atoms with van der Waals surface area (Å²) in [5.41, 5.74) is 0. The average Bonchev–Trinajstić information content (AvgIpc) is 2.91.